The van der Waals surface area contributed by atoms with Gasteiger partial charge >= 0.3 is 0 Å². The molecule has 0 fully saturated rings. The first-order chi connectivity index (χ1) is 30.3. The molecule has 0 bridgehead atoms. The molecule has 0 amide bonds. The first-order valence-corrected chi connectivity index (χ1v) is 21.0. The number of hydrogen-bond donors (Lipinski definition) is 0. The van der Waals surface area contributed by atoms with Gasteiger partial charge in [0.15, 0.2) is 5.58 Å². The molecule has 61 heavy (non-hydrogen) atoms. The molecule has 10 aromatic carbocycles. The summed E-state index contributed by atoms with van der Waals surface area (Å²) in [6.45, 7) is 0. The first kappa shape index (κ1) is 35.0. The average molecular weight is 778 g/mol. The molecule has 1 aliphatic rings. The third kappa shape index (κ3) is 5.36. The van der Waals surface area contributed by atoms with Crippen LogP contribution in [0.25, 0.3) is 66.1 Å². The highest BCUT2D eigenvalue weighted by Gasteiger charge is 2.47. The van der Waals surface area contributed by atoms with Gasteiger partial charge in [0, 0.05) is 22.0 Å². The summed E-state index contributed by atoms with van der Waals surface area (Å²) in [6.07, 6.45) is 0. The van der Waals surface area contributed by atoms with Gasteiger partial charge in [0.25, 0.3) is 0 Å². The third-order valence-corrected chi connectivity index (χ3v) is 12.8. The molecule has 0 radical (unpaired) electrons. The topological polar surface area (TPSA) is 16.4 Å². The van der Waals surface area contributed by atoms with E-state index in [1.165, 1.54) is 55.3 Å². The Kier molecular flexibility index (Phi) is 8.11. The fourth-order valence-corrected chi connectivity index (χ4v) is 10.2. The molecule has 0 spiro atoms. The molecule has 2 heteroatoms. The lowest BCUT2D eigenvalue weighted by molar-refractivity contribution is 0.669. The summed E-state index contributed by atoms with van der Waals surface area (Å²) in [4.78, 5) is 2.43. The fraction of sp³-hybridized carbons (Fsp3) is 0.0169. The fourth-order valence-electron chi connectivity index (χ4n) is 10.2. The Morgan fingerprint density at radius 1 is 0.361 bits per heavy atom. The minimum atomic E-state index is -0.537. The van der Waals surface area contributed by atoms with Crippen LogP contribution in [0.1, 0.15) is 22.3 Å². The van der Waals surface area contributed by atoms with Gasteiger partial charge < -0.3 is 9.32 Å². The van der Waals surface area contributed by atoms with Gasteiger partial charge in [0.05, 0.1) is 16.8 Å². The number of fused-ring (bicyclic) bond motifs is 7. The quantitative estimate of drug-likeness (QED) is 0.160. The maximum atomic E-state index is 7.04. The van der Waals surface area contributed by atoms with E-state index in [1.807, 2.05) is 0 Å². The predicted octanol–water partition coefficient (Wildman–Crippen LogP) is 15.9. The lowest BCUT2D eigenvalue weighted by Gasteiger charge is -2.34. The molecule has 12 rings (SSSR count). The predicted molar refractivity (Wildman–Crippen MR) is 254 cm³/mol. The Labute approximate surface area is 355 Å². The van der Waals surface area contributed by atoms with Crippen LogP contribution in [-0.2, 0) is 5.41 Å². The zero-order valence-corrected chi connectivity index (χ0v) is 33.4. The van der Waals surface area contributed by atoms with Crippen LogP contribution >= 0.6 is 0 Å². The van der Waals surface area contributed by atoms with Gasteiger partial charge in [-0.3, -0.25) is 0 Å². The SMILES string of the molecule is c1ccc(-c2cccc3oc4c(N(c5ccc(-c6cccc7ccccc67)cc5)c5cccc6c5-c5ccccc5C6(c5ccccc5)c5ccccc5)cccc4c23)cc1. The van der Waals surface area contributed by atoms with Crippen molar-refractivity contribution in [2.24, 2.45) is 0 Å². The largest absolute Gasteiger partial charge is 0.454 e. The third-order valence-electron chi connectivity index (χ3n) is 12.8. The van der Waals surface area contributed by atoms with Gasteiger partial charge in [-0.15, -0.1) is 0 Å². The smallest absolute Gasteiger partial charge is 0.159 e. The van der Waals surface area contributed by atoms with Crippen LogP contribution in [0.15, 0.2) is 241 Å². The van der Waals surface area contributed by atoms with Gasteiger partial charge in [0.1, 0.15) is 5.58 Å². The summed E-state index contributed by atoms with van der Waals surface area (Å²) in [5.41, 5.74) is 16.4. The lowest BCUT2D eigenvalue weighted by atomic mass is 9.68. The van der Waals surface area contributed by atoms with E-state index >= 15 is 0 Å². The molecule has 0 aliphatic heterocycles. The normalized spacial score (nSPS) is 12.7. The number of benzene rings is 10. The summed E-state index contributed by atoms with van der Waals surface area (Å²) in [6, 6.07) is 85.8. The number of anilines is 3. The van der Waals surface area contributed by atoms with Gasteiger partial charge in [-0.05, 0) is 91.2 Å². The van der Waals surface area contributed by atoms with Crippen molar-refractivity contribution in [2.45, 2.75) is 5.41 Å². The minimum Gasteiger partial charge on any atom is -0.454 e. The van der Waals surface area contributed by atoms with Gasteiger partial charge in [-0.1, -0.05) is 206 Å². The highest BCUT2D eigenvalue weighted by atomic mass is 16.3. The molecule has 286 valence electrons. The second-order valence-electron chi connectivity index (χ2n) is 15.9. The molecule has 11 aromatic rings. The molecule has 0 atom stereocenters. The number of rotatable bonds is 7. The maximum Gasteiger partial charge on any atom is 0.159 e. The zero-order valence-electron chi connectivity index (χ0n) is 33.4. The van der Waals surface area contributed by atoms with Crippen LogP contribution in [0, 0.1) is 0 Å². The maximum absolute atomic E-state index is 7.04. The van der Waals surface area contributed by atoms with Crippen LogP contribution < -0.4 is 4.90 Å². The van der Waals surface area contributed by atoms with E-state index in [-0.39, 0.29) is 0 Å². The van der Waals surface area contributed by atoms with Crippen molar-refractivity contribution in [1.29, 1.82) is 0 Å². The Morgan fingerprint density at radius 3 is 1.69 bits per heavy atom. The van der Waals surface area contributed by atoms with Crippen LogP contribution in [0.4, 0.5) is 17.1 Å². The van der Waals surface area contributed by atoms with E-state index in [1.54, 1.807) is 0 Å². The van der Waals surface area contributed by atoms with Crippen molar-refractivity contribution in [3.63, 3.8) is 0 Å². The lowest BCUT2D eigenvalue weighted by Crippen LogP contribution is -2.28. The van der Waals surface area contributed by atoms with Crippen molar-refractivity contribution in [2.75, 3.05) is 4.90 Å². The number of nitrogens with zero attached hydrogens (tertiary/aromatic N) is 1. The van der Waals surface area contributed by atoms with Crippen molar-refractivity contribution < 1.29 is 4.42 Å². The van der Waals surface area contributed by atoms with Crippen molar-refractivity contribution >= 4 is 49.8 Å². The zero-order chi connectivity index (χ0) is 40.3. The van der Waals surface area contributed by atoms with Gasteiger partial charge in [0.2, 0.25) is 0 Å². The van der Waals surface area contributed by atoms with Gasteiger partial charge in [-0.25, -0.2) is 0 Å². The Hall–Kier alpha value is -7.94. The number of para-hydroxylation sites is 1. The second kappa shape index (κ2) is 14.1. The highest BCUT2D eigenvalue weighted by Crippen LogP contribution is 2.60. The molecule has 2 nitrogen and oxygen atoms in total. The van der Waals surface area contributed by atoms with Crippen LogP contribution in [0.2, 0.25) is 0 Å². The number of furan rings is 1. The number of hydrogen-bond acceptors (Lipinski definition) is 2. The summed E-state index contributed by atoms with van der Waals surface area (Å²) in [7, 11) is 0. The molecule has 0 N–H and O–H groups in total. The molecule has 1 aromatic heterocycles. The van der Waals surface area contributed by atoms with Gasteiger partial charge in [-0.2, -0.15) is 0 Å². The molecule has 1 aliphatic carbocycles. The minimum absolute atomic E-state index is 0.537. The Morgan fingerprint density at radius 2 is 0.902 bits per heavy atom. The summed E-state index contributed by atoms with van der Waals surface area (Å²) in [5.74, 6) is 0. The molecule has 0 saturated carbocycles. The van der Waals surface area contributed by atoms with Crippen LogP contribution in [0.5, 0.6) is 0 Å². The van der Waals surface area contributed by atoms with Crippen molar-refractivity contribution in [3.8, 4) is 33.4 Å². The molecular formula is C59H39NO. The standard InChI is InChI=1S/C59H39NO/c1-4-18-41(19-5-1)48-29-16-35-55-56(48)50-30-15-34-54(58(50)61-55)60(45-38-36-42(37-39-45)47-28-14-21-40-20-10-11-26-46(40)47)53-33-17-32-52-57(53)49-27-12-13-31-51(49)59(52,43-22-6-2-7-23-43)44-24-8-3-9-25-44/h1-39H. The van der Waals surface area contributed by atoms with E-state index in [9.17, 15) is 0 Å². The Balaban J connectivity index is 1.15. The average Bonchev–Trinajstić information content (AvgIpc) is 3.88. The molecule has 1 heterocycles. The molecular weight excluding hydrogens is 739 g/mol. The summed E-state index contributed by atoms with van der Waals surface area (Å²) >= 11 is 0. The second-order valence-corrected chi connectivity index (χ2v) is 15.9. The van der Waals surface area contributed by atoms with E-state index in [0.717, 1.165) is 50.1 Å². The first-order valence-electron chi connectivity index (χ1n) is 21.0. The Bertz CT molecular complexity index is 3360. The van der Waals surface area contributed by atoms with Crippen LogP contribution in [0.3, 0.4) is 0 Å². The van der Waals surface area contributed by atoms with E-state index < -0.39 is 5.41 Å². The summed E-state index contributed by atoms with van der Waals surface area (Å²) in [5, 5.41) is 4.68. The van der Waals surface area contributed by atoms with Crippen LogP contribution in [-0.4, -0.2) is 0 Å². The van der Waals surface area contributed by atoms with Crippen molar-refractivity contribution in [3.05, 3.63) is 259 Å². The molecule has 0 saturated heterocycles. The molecule has 0 unspecified atom stereocenters. The monoisotopic (exact) mass is 777 g/mol. The van der Waals surface area contributed by atoms with Crippen molar-refractivity contribution in [1.82, 2.24) is 0 Å². The highest BCUT2D eigenvalue weighted by molar-refractivity contribution is 6.16. The summed E-state index contributed by atoms with van der Waals surface area (Å²) < 4.78 is 7.04. The van der Waals surface area contributed by atoms with E-state index in [2.05, 4.69) is 241 Å². The van der Waals surface area contributed by atoms with E-state index in [4.69, 9.17) is 4.42 Å². The van der Waals surface area contributed by atoms with E-state index in [0.29, 0.717) is 0 Å².